The van der Waals surface area contributed by atoms with E-state index < -0.39 is 0 Å². The lowest BCUT2D eigenvalue weighted by Crippen LogP contribution is -2.11. The number of rotatable bonds is 6. The molecule has 0 aromatic heterocycles. The summed E-state index contributed by atoms with van der Waals surface area (Å²) in [7, 11) is 1.59. The third-order valence-electron chi connectivity index (χ3n) is 2.12. The highest BCUT2D eigenvalue weighted by Crippen LogP contribution is 2.26. The molecule has 1 aromatic carbocycles. The minimum Gasteiger partial charge on any atom is -0.497 e. The van der Waals surface area contributed by atoms with E-state index >= 15 is 0 Å². The zero-order chi connectivity index (χ0) is 12.7. The molecule has 17 heavy (non-hydrogen) atoms. The number of ether oxygens (including phenoxy) is 2. The molecule has 1 rings (SSSR count). The van der Waals surface area contributed by atoms with Crippen molar-refractivity contribution < 1.29 is 14.3 Å². The van der Waals surface area contributed by atoms with Gasteiger partial charge in [-0.05, 0) is 19.1 Å². The molecule has 0 aliphatic heterocycles. The van der Waals surface area contributed by atoms with Gasteiger partial charge in [0.15, 0.2) is 0 Å². The summed E-state index contributed by atoms with van der Waals surface area (Å²) in [5.41, 5.74) is 0.746. The second-order valence-electron chi connectivity index (χ2n) is 3.33. The van der Waals surface area contributed by atoms with Crippen LogP contribution in [0.15, 0.2) is 18.2 Å². The van der Waals surface area contributed by atoms with Crippen LogP contribution in [-0.2, 0) is 9.53 Å². The maximum absolute atomic E-state index is 11.1. The van der Waals surface area contributed by atoms with E-state index in [9.17, 15) is 4.79 Å². The average Bonchev–Trinajstić information content (AvgIpc) is 2.32. The Balaban J connectivity index is 2.48. The summed E-state index contributed by atoms with van der Waals surface area (Å²) in [6.07, 6.45) is 0.307. The van der Waals surface area contributed by atoms with Crippen molar-refractivity contribution in [3.05, 3.63) is 23.2 Å². The molecule has 0 heterocycles. The lowest BCUT2D eigenvalue weighted by Gasteiger charge is -2.09. The molecule has 0 saturated heterocycles. The van der Waals surface area contributed by atoms with Crippen molar-refractivity contribution in [1.82, 2.24) is 0 Å². The molecule has 0 spiro atoms. The van der Waals surface area contributed by atoms with Crippen LogP contribution in [-0.4, -0.2) is 26.2 Å². The van der Waals surface area contributed by atoms with Crippen LogP contribution in [0.25, 0.3) is 0 Å². The van der Waals surface area contributed by atoms with E-state index in [4.69, 9.17) is 21.1 Å². The largest absolute Gasteiger partial charge is 0.497 e. The number of nitrogens with one attached hydrogen (secondary N) is 1. The van der Waals surface area contributed by atoms with E-state index in [1.54, 1.807) is 32.2 Å². The summed E-state index contributed by atoms with van der Waals surface area (Å²) in [5.74, 6) is 0.493. The monoisotopic (exact) mass is 257 g/mol. The molecule has 5 heteroatoms. The number of methoxy groups -OCH3 is 1. The zero-order valence-corrected chi connectivity index (χ0v) is 10.7. The van der Waals surface area contributed by atoms with Crippen molar-refractivity contribution in [3.8, 4) is 5.75 Å². The fourth-order valence-corrected chi connectivity index (χ4v) is 1.48. The van der Waals surface area contributed by atoms with E-state index in [2.05, 4.69) is 5.32 Å². The van der Waals surface area contributed by atoms with Crippen LogP contribution in [0.4, 0.5) is 5.69 Å². The second-order valence-corrected chi connectivity index (χ2v) is 3.73. The number of anilines is 1. The molecule has 0 bridgehead atoms. The lowest BCUT2D eigenvalue weighted by atomic mass is 10.3. The maximum Gasteiger partial charge on any atom is 0.307 e. The average molecular weight is 258 g/mol. The molecular formula is C12H16ClNO3. The van der Waals surface area contributed by atoms with E-state index in [-0.39, 0.29) is 5.97 Å². The third kappa shape index (κ3) is 4.53. The first kappa shape index (κ1) is 13.6. The van der Waals surface area contributed by atoms with E-state index in [1.165, 1.54) is 0 Å². The highest BCUT2D eigenvalue weighted by atomic mass is 35.5. The van der Waals surface area contributed by atoms with Gasteiger partial charge in [0.05, 0.1) is 30.8 Å². The minimum atomic E-state index is -0.223. The summed E-state index contributed by atoms with van der Waals surface area (Å²) >= 11 is 6.00. The second kappa shape index (κ2) is 7.01. The minimum absolute atomic E-state index is 0.223. The first-order valence-electron chi connectivity index (χ1n) is 5.40. The van der Waals surface area contributed by atoms with Gasteiger partial charge in [-0.3, -0.25) is 4.79 Å². The van der Waals surface area contributed by atoms with E-state index in [0.717, 1.165) is 5.69 Å². The van der Waals surface area contributed by atoms with Gasteiger partial charge in [0.1, 0.15) is 5.75 Å². The zero-order valence-electron chi connectivity index (χ0n) is 9.96. The highest BCUT2D eigenvalue weighted by Gasteiger charge is 2.04. The first-order valence-corrected chi connectivity index (χ1v) is 5.78. The smallest absolute Gasteiger partial charge is 0.307 e. The van der Waals surface area contributed by atoms with Crippen molar-refractivity contribution in [2.45, 2.75) is 13.3 Å². The van der Waals surface area contributed by atoms with Gasteiger partial charge >= 0.3 is 5.97 Å². The van der Waals surface area contributed by atoms with Gasteiger partial charge in [0.2, 0.25) is 0 Å². The molecule has 1 aromatic rings. The third-order valence-corrected chi connectivity index (χ3v) is 2.45. The van der Waals surface area contributed by atoms with Crippen LogP contribution >= 0.6 is 11.6 Å². The van der Waals surface area contributed by atoms with Crippen molar-refractivity contribution in [2.75, 3.05) is 25.6 Å². The maximum atomic E-state index is 11.1. The molecule has 0 saturated carbocycles. The van der Waals surface area contributed by atoms with Crippen molar-refractivity contribution in [2.24, 2.45) is 0 Å². The van der Waals surface area contributed by atoms with Crippen molar-refractivity contribution in [3.63, 3.8) is 0 Å². The van der Waals surface area contributed by atoms with Crippen LogP contribution in [0.3, 0.4) is 0 Å². The summed E-state index contributed by atoms with van der Waals surface area (Å²) in [5, 5.41) is 3.66. The molecule has 4 nitrogen and oxygen atoms in total. The number of carbonyl (C=O) groups excluding carboxylic acids is 1. The Bertz CT molecular complexity index is 382. The molecule has 94 valence electrons. The van der Waals surface area contributed by atoms with Gasteiger partial charge in [-0.25, -0.2) is 0 Å². The Kier molecular flexibility index (Phi) is 5.63. The first-order chi connectivity index (χ1) is 8.17. The molecule has 0 fully saturated rings. The molecule has 1 N–H and O–H groups in total. The number of halogens is 1. The number of hydrogen-bond donors (Lipinski definition) is 1. The van der Waals surface area contributed by atoms with E-state index in [1.807, 2.05) is 0 Å². The summed E-state index contributed by atoms with van der Waals surface area (Å²) in [4.78, 5) is 11.1. The topological polar surface area (TPSA) is 47.6 Å². The summed E-state index contributed by atoms with van der Waals surface area (Å²) in [6.45, 7) is 2.66. The number of esters is 1. The van der Waals surface area contributed by atoms with Gasteiger partial charge in [0.25, 0.3) is 0 Å². The van der Waals surface area contributed by atoms with Crippen LogP contribution < -0.4 is 10.1 Å². The quantitative estimate of drug-likeness (QED) is 0.796. The molecule has 0 atom stereocenters. The highest BCUT2D eigenvalue weighted by molar-refractivity contribution is 6.33. The number of benzene rings is 1. The summed E-state index contributed by atoms with van der Waals surface area (Å²) in [6, 6.07) is 5.30. The van der Waals surface area contributed by atoms with Gasteiger partial charge in [0, 0.05) is 12.6 Å². The van der Waals surface area contributed by atoms with Crippen LogP contribution in [0, 0.1) is 0 Å². The Hall–Kier alpha value is -1.42. The van der Waals surface area contributed by atoms with Crippen molar-refractivity contribution in [1.29, 1.82) is 0 Å². The SMILES string of the molecule is CCOC(=O)CCNc1cc(OC)ccc1Cl. The Morgan fingerprint density at radius 3 is 2.88 bits per heavy atom. The number of hydrogen-bond acceptors (Lipinski definition) is 4. The predicted molar refractivity (Wildman–Crippen MR) is 67.7 cm³/mol. The Morgan fingerprint density at radius 2 is 2.24 bits per heavy atom. The predicted octanol–water partition coefficient (Wildman–Crippen LogP) is 2.71. The van der Waals surface area contributed by atoms with Gasteiger partial charge in [-0.2, -0.15) is 0 Å². The molecule has 0 aliphatic rings. The molecule has 0 aliphatic carbocycles. The number of carbonyl (C=O) groups is 1. The van der Waals surface area contributed by atoms with Crippen LogP contribution in [0.5, 0.6) is 5.75 Å². The molecule has 0 amide bonds. The fourth-order valence-electron chi connectivity index (χ4n) is 1.30. The van der Waals surface area contributed by atoms with Crippen molar-refractivity contribution >= 4 is 23.3 Å². The van der Waals surface area contributed by atoms with Crippen LogP contribution in [0.2, 0.25) is 5.02 Å². The van der Waals surface area contributed by atoms with Gasteiger partial charge < -0.3 is 14.8 Å². The van der Waals surface area contributed by atoms with Crippen LogP contribution in [0.1, 0.15) is 13.3 Å². The fraction of sp³-hybridized carbons (Fsp3) is 0.417. The summed E-state index contributed by atoms with van der Waals surface area (Å²) < 4.78 is 9.90. The lowest BCUT2D eigenvalue weighted by molar-refractivity contribution is -0.142. The Morgan fingerprint density at radius 1 is 1.47 bits per heavy atom. The molecule has 0 unspecified atom stereocenters. The standard InChI is InChI=1S/C12H16ClNO3/c1-3-17-12(15)6-7-14-11-8-9(16-2)4-5-10(11)13/h4-5,8,14H,3,6-7H2,1-2H3. The van der Waals surface area contributed by atoms with Gasteiger partial charge in [-0.15, -0.1) is 0 Å². The van der Waals surface area contributed by atoms with Gasteiger partial charge in [-0.1, -0.05) is 11.6 Å². The Labute approximate surface area is 106 Å². The normalized spacial score (nSPS) is 9.82. The molecular weight excluding hydrogens is 242 g/mol. The molecule has 0 radical (unpaired) electrons. The van der Waals surface area contributed by atoms with E-state index in [0.29, 0.717) is 30.3 Å².